The maximum atomic E-state index is 11.4. The Balaban J connectivity index is 2.18. The maximum absolute atomic E-state index is 11.4. The molecule has 0 unspecified atom stereocenters. The van der Waals surface area contributed by atoms with Gasteiger partial charge in [0.15, 0.2) is 0 Å². The van der Waals surface area contributed by atoms with Crippen LogP contribution in [0.1, 0.15) is 6.42 Å². The van der Waals surface area contributed by atoms with Gasteiger partial charge >= 0.3 is 0 Å². The minimum atomic E-state index is 0.0226. The summed E-state index contributed by atoms with van der Waals surface area (Å²) in [5, 5.41) is 3.15. The molecule has 2 aliphatic heterocycles. The number of likely N-dealkylation sites (tertiary alicyclic amines) is 1. The van der Waals surface area contributed by atoms with Crippen molar-refractivity contribution >= 4 is 5.91 Å². The second-order valence-electron chi connectivity index (χ2n) is 3.36. The standard InChI is InChI=1S/C7H12N2O/c1-9-3-2-7(6(9)10)4-8-5-7/h8H,2-5H2,1H3. The predicted molar refractivity (Wildman–Crippen MR) is 37.6 cm³/mol. The van der Waals surface area contributed by atoms with Gasteiger partial charge in [-0.3, -0.25) is 4.79 Å². The van der Waals surface area contributed by atoms with Crippen LogP contribution >= 0.6 is 0 Å². The molecular formula is C7H12N2O. The lowest BCUT2D eigenvalue weighted by Gasteiger charge is -2.36. The highest BCUT2D eigenvalue weighted by Gasteiger charge is 2.49. The number of rotatable bonds is 0. The van der Waals surface area contributed by atoms with Crippen molar-refractivity contribution in [2.24, 2.45) is 5.41 Å². The third-order valence-electron chi connectivity index (χ3n) is 2.65. The number of carbonyl (C=O) groups is 1. The van der Waals surface area contributed by atoms with Crippen LogP contribution in [0.15, 0.2) is 0 Å². The van der Waals surface area contributed by atoms with Crippen LogP contribution in [0.2, 0.25) is 0 Å². The summed E-state index contributed by atoms with van der Waals surface area (Å²) in [4.78, 5) is 13.2. The number of nitrogens with one attached hydrogen (secondary N) is 1. The fourth-order valence-corrected chi connectivity index (χ4v) is 1.75. The number of carbonyl (C=O) groups excluding carboxylic acids is 1. The van der Waals surface area contributed by atoms with E-state index >= 15 is 0 Å². The molecule has 56 valence electrons. The van der Waals surface area contributed by atoms with Crippen molar-refractivity contribution in [1.82, 2.24) is 10.2 Å². The summed E-state index contributed by atoms with van der Waals surface area (Å²) in [5.41, 5.74) is 0.0226. The van der Waals surface area contributed by atoms with E-state index in [4.69, 9.17) is 0 Å². The monoisotopic (exact) mass is 140 g/mol. The summed E-state index contributed by atoms with van der Waals surface area (Å²) in [6.45, 7) is 2.74. The fraction of sp³-hybridized carbons (Fsp3) is 0.857. The lowest BCUT2D eigenvalue weighted by molar-refractivity contribution is -0.137. The van der Waals surface area contributed by atoms with Crippen LogP contribution in [0.4, 0.5) is 0 Å². The molecule has 2 fully saturated rings. The van der Waals surface area contributed by atoms with E-state index in [-0.39, 0.29) is 5.41 Å². The first kappa shape index (κ1) is 6.16. The first-order valence-corrected chi connectivity index (χ1v) is 3.71. The Morgan fingerprint density at radius 3 is 2.50 bits per heavy atom. The second kappa shape index (κ2) is 1.72. The van der Waals surface area contributed by atoms with Gasteiger partial charge in [-0.1, -0.05) is 0 Å². The molecule has 2 aliphatic rings. The third kappa shape index (κ3) is 0.560. The number of hydrogen-bond donors (Lipinski definition) is 1. The average molecular weight is 140 g/mol. The molecule has 10 heavy (non-hydrogen) atoms. The van der Waals surface area contributed by atoms with Gasteiger partial charge < -0.3 is 10.2 Å². The van der Waals surface area contributed by atoms with Crippen molar-refractivity contribution in [3.8, 4) is 0 Å². The Morgan fingerprint density at radius 1 is 1.60 bits per heavy atom. The molecule has 2 heterocycles. The van der Waals surface area contributed by atoms with E-state index in [1.807, 2.05) is 11.9 Å². The Kier molecular flexibility index (Phi) is 1.06. The SMILES string of the molecule is CN1CCC2(CNC2)C1=O. The summed E-state index contributed by atoms with van der Waals surface area (Å²) in [7, 11) is 1.88. The molecule has 1 amide bonds. The van der Waals surface area contributed by atoms with E-state index in [2.05, 4.69) is 5.32 Å². The van der Waals surface area contributed by atoms with Gasteiger partial charge in [-0.05, 0) is 6.42 Å². The molecule has 0 aromatic heterocycles. The van der Waals surface area contributed by atoms with Crippen molar-refractivity contribution in [3.05, 3.63) is 0 Å². The minimum absolute atomic E-state index is 0.0226. The summed E-state index contributed by atoms with van der Waals surface area (Å²) in [6.07, 6.45) is 1.05. The van der Waals surface area contributed by atoms with E-state index in [0.717, 1.165) is 26.1 Å². The van der Waals surface area contributed by atoms with Crippen LogP contribution in [-0.4, -0.2) is 37.5 Å². The van der Waals surface area contributed by atoms with Gasteiger partial charge in [-0.2, -0.15) is 0 Å². The highest BCUT2D eigenvalue weighted by Crippen LogP contribution is 2.34. The summed E-state index contributed by atoms with van der Waals surface area (Å²) in [6, 6.07) is 0. The predicted octanol–water partition coefficient (Wildman–Crippen LogP) is -0.562. The van der Waals surface area contributed by atoms with Gasteiger partial charge in [0.2, 0.25) is 5.91 Å². The topological polar surface area (TPSA) is 32.3 Å². The van der Waals surface area contributed by atoms with E-state index in [1.165, 1.54) is 0 Å². The van der Waals surface area contributed by atoms with Crippen LogP contribution in [0.3, 0.4) is 0 Å². The molecule has 0 aliphatic carbocycles. The molecule has 0 aromatic rings. The van der Waals surface area contributed by atoms with E-state index in [0.29, 0.717) is 5.91 Å². The molecule has 0 saturated carbocycles. The summed E-state index contributed by atoms with van der Waals surface area (Å²) >= 11 is 0. The highest BCUT2D eigenvalue weighted by molar-refractivity contribution is 5.86. The molecule has 3 nitrogen and oxygen atoms in total. The minimum Gasteiger partial charge on any atom is -0.345 e. The molecule has 2 rings (SSSR count). The third-order valence-corrected chi connectivity index (χ3v) is 2.65. The van der Waals surface area contributed by atoms with E-state index < -0.39 is 0 Å². The maximum Gasteiger partial charge on any atom is 0.231 e. The Labute approximate surface area is 60.4 Å². The van der Waals surface area contributed by atoms with Gasteiger partial charge in [-0.25, -0.2) is 0 Å². The van der Waals surface area contributed by atoms with E-state index in [9.17, 15) is 4.79 Å². The first-order chi connectivity index (χ1) is 4.75. The fourth-order valence-electron chi connectivity index (χ4n) is 1.75. The zero-order valence-corrected chi connectivity index (χ0v) is 6.18. The zero-order chi connectivity index (χ0) is 7.19. The summed E-state index contributed by atoms with van der Waals surface area (Å²) in [5.74, 6) is 0.339. The summed E-state index contributed by atoms with van der Waals surface area (Å²) < 4.78 is 0. The van der Waals surface area contributed by atoms with E-state index in [1.54, 1.807) is 0 Å². The van der Waals surface area contributed by atoms with Gasteiger partial charge in [0.05, 0.1) is 5.41 Å². The van der Waals surface area contributed by atoms with Crippen LogP contribution < -0.4 is 5.32 Å². The van der Waals surface area contributed by atoms with Crippen molar-refractivity contribution in [1.29, 1.82) is 0 Å². The lowest BCUT2D eigenvalue weighted by Crippen LogP contribution is -2.57. The normalized spacial score (nSPS) is 29.3. The Morgan fingerprint density at radius 2 is 2.30 bits per heavy atom. The molecule has 0 atom stereocenters. The first-order valence-electron chi connectivity index (χ1n) is 3.71. The molecule has 0 aromatic carbocycles. The molecule has 2 saturated heterocycles. The molecule has 0 bridgehead atoms. The molecule has 3 heteroatoms. The van der Waals surface area contributed by atoms with Gasteiger partial charge in [0, 0.05) is 26.7 Å². The zero-order valence-electron chi connectivity index (χ0n) is 6.18. The lowest BCUT2D eigenvalue weighted by atomic mass is 9.80. The van der Waals surface area contributed by atoms with Crippen molar-refractivity contribution in [3.63, 3.8) is 0 Å². The molecule has 1 N–H and O–H groups in total. The van der Waals surface area contributed by atoms with Crippen LogP contribution in [-0.2, 0) is 4.79 Å². The number of nitrogens with zero attached hydrogens (tertiary/aromatic N) is 1. The average Bonchev–Trinajstić information content (AvgIpc) is 2.10. The molecule has 1 spiro atoms. The van der Waals surface area contributed by atoms with Crippen molar-refractivity contribution in [2.45, 2.75) is 6.42 Å². The Hall–Kier alpha value is -0.570. The van der Waals surface area contributed by atoms with Crippen LogP contribution in [0.25, 0.3) is 0 Å². The number of amides is 1. The quantitative estimate of drug-likeness (QED) is 0.489. The second-order valence-corrected chi connectivity index (χ2v) is 3.36. The van der Waals surface area contributed by atoms with Gasteiger partial charge in [0.1, 0.15) is 0 Å². The van der Waals surface area contributed by atoms with Crippen LogP contribution in [0, 0.1) is 5.41 Å². The number of hydrogen-bond acceptors (Lipinski definition) is 2. The van der Waals surface area contributed by atoms with Gasteiger partial charge in [-0.15, -0.1) is 0 Å². The van der Waals surface area contributed by atoms with Gasteiger partial charge in [0.25, 0.3) is 0 Å². The molecule has 0 radical (unpaired) electrons. The van der Waals surface area contributed by atoms with Crippen molar-refractivity contribution in [2.75, 3.05) is 26.7 Å². The highest BCUT2D eigenvalue weighted by atomic mass is 16.2. The van der Waals surface area contributed by atoms with Crippen LogP contribution in [0.5, 0.6) is 0 Å². The van der Waals surface area contributed by atoms with Crippen molar-refractivity contribution < 1.29 is 4.79 Å². The molecular weight excluding hydrogens is 128 g/mol. The smallest absolute Gasteiger partial charge is 0.231 e. The Bertz CT molecular complexity index is 174. The largest absolute Gasteiger partial charge is 0.345 e.